The zero-order chi connectivity index (χ0) is 19.3. The van der Waals surface area contributed by atoms with Gasteiger partial charge in [-0.3, -0.25) is 14.9 Å². The first kappa shape index (κ1) is 20.0. The number of non-ortho nitro benzene ring substituents is 1. The number of nitrogens with one attached hydrogen (secondary N) is 1. The van der Waals surface area contributed by atoms with Crippen LogP contribution in [-0.4, -0.2) is 23.1 Å². The molecule has 26 heavy (non-hydrogen) atoms. The van der Waals surface area contributed by atoms with Gasteiger partial charge in [0.15, 0.2) is 6.10 Å². The van der Waals surface area contributed by atoms with Crippen LogP contribution in [0.15, 0.2) is 41.5 Å². The van der Waals surface area contributed by atoms with E-state index in [0.717, 1.165) is 0 Å². The third kappa shape index (κ3) is 5.32. The van der Waals surface area contributed by atoms with Crippen LogP contribution in [0.2, 0.25) is 15.1 Å². The number of hydrogen-bond donors (Lipinski definition) is 1. The van der Waals surface area contributed by atoms with Gasteiger partial charge in [0.25, 0.3) is 11.6 Å². The first-order chi connectivity index (χ1) is 12.3. The van der Waals surface area contributed by atoms with Gasteiger partial charge in [-0.2, -0.15) is 5.10 Å². The van der Waals surface area contributed by atoms with Crippen LogP contribution in [0.5, 0.6) is 5.75 Å². The van der Waals surface area contributed by atoms with Crippen LogP contribution in [0.1, 0.15) is 12.5 Å². The second-order valence-electron chi connectivity index (χ2n) is 5.04. The summed E-state index contributed by atoms with van der Waals surface area (Å²) in [7, 11) is 0. The van der Waals surface area contributed by atoms with Crippen LogP contribution >= 0.6 is 34.8 Å². The van der Waals surface area contributed by atoms with Crippen molar-refractivity contribution in [1.82, 2.24) is 5.43 Å². The summed E-state index contributed by atoms with van der Waals surface area (Å²) in [6.45, 7) is 1.50. The highest BCUT2D eigenvalue weighted by Crippen LogP contribution is 2.34. The second kappa shape index (κ2) is 8.84. The molecule has 1 atom stereocenters. The zero-order valence-corrected chi connectivity index (χ0v) is 15.5. The van der Waals surface area contributed by atoms with Gasteiger partial charge >= 0.3 is 0 Å². The average molecular weight is 417 g/mol. The summed E-state index contributed by atoms with van der Waals surface area (Å²) in [4.78, 5) is 22.2. The van der Waals surface area contributed by atoms with Crippen molar-refractivity contribution in [3.8, 4) is 5.75 Å². The molecule has 1 amide bonds. The fraction of sp³-hybridized carbons (Fsp3) is 0.125. The quantitative estimate of drug-likeness (QED) is 0.325. The minimum absolute atomic E-state index is 0.0776. The molecule has 0 aliphatic rings. The zero-order valence-electron chi connectivity index (χ0n) is 13.3. The summed E-state index contributed by atoms with van der Waals surface area (Å²) in [5, 5.41) is 15.2. The number of carbonyl (C=O) groups is 1. The molecule has 0 saturated carbocycles. The molecule has 0 fully saturated rings. The maximum atomic E-state index is 12.0. The van der Waals surface area contributed by atoms with Crippen molar-refractivity contribution in [2.75, 3.05) is 0 Å². The smallest absolute Gasteiger partial charge is 0.280 e. The van der Waals surface area contributed by atoms with E-state index in [1.54, 1.807) is 6.07 Å². The summed E-state index contributed by atoms with van der Waals surface area (Å²) in [5.41, 5.74) is 2.66. The molecule has 0 aromatic heterocycles. The van der Waals surface area contributed by atoms with Gasteiger partial charge in [0.05, 0.1) is 26.2 Å². The Morgan fingerprint density at radius 2 is 1.92 bits per heavy atom. The lowest BCUT2D eigenvalue weighted by molar-refractivity contribution is -0.384. The number of benzene rings is 2. The van der Waals surface area contributed by atoms with Crippen molar-refractivity contribution in [3.05, 3.63) is 67.1 Å². The van der Waals surface area contributed by atoms with E-state index in [1.807, 2.05) is 0 Å². The normalized spacial score (nSPS) is 12.0. The fourth-order valence-electron chi connectivity index (χ4n) is 1.82. The van der Waals surface area contributed by atoms with Gasteiger partial charge < -0.3 is 4.74 Å². The second-order valence-corrected chi connectivity index (χ2v) is 6.26. The molecule has 1 unspecified atom stereocenters. The molecule has 0 aliphatic carbocycles. The minimum atomic E-state index is -0.924. The van der Waals surface area contributed by atoms with Crippen molar-refractivity contribution in [2.24, 2.45) is 5.10 Å². The molecule has 0 heterocycles. The molecule has 1 N–H and O–H groups in total. The Labute approximate surface area is 163 Å². The van der Waals surface area contributed by atoms with Crippen LogP contribution in [0.4, 0.5) is 5.69 Å². The molecular weight excluding hydrogens is 405 g/mol. The lowest BCUT2D eigenvalue weighted by Gasteiger charge is -2.14. The van der Waals surface area contributed by atoms with Crippen LogP contribution in [0.25, 0.3) is 0 Å². The van der Waals surface area contributed by atoms with Crippen LogP contribution in [0, 0.1) is 10.1 Å². The van der Waals surface area contributed by atoms with Gasteiger partial charge in [-0.05, 0) is 13.0 Å². The highest BCUT2D eigenvalue weighted by molar-refractivity contribution is 6.43. The predicted octanol–water partition coefficient (Wildman–Crippen LogP) is 4.47. The molecule has 0 aliphatic heterocycles. The van der Waals surface area contributed by atoms with E-state index in [0.29, 0.717) is 5.56 Å². The number of hydrogen-bond acceptors (Lipinski definition) is 5. The Morgan fingerprint density at radius 3 is 2.62 bits per heavy atom. The summed E-state index contributed by atoms with van der Waals surface area (Å²) in [5.74, 6) is -0.347. The van der Waals surface area contributed by atoms with Gasteiger partial charge in [0.1, 0.15) is 5.75 Å². The van der Waals surface area contributed by atoms with Crippen LogP contribution in [-0.2, 0) is 4.79 Å². The number of hydrazone groups is 1. The fourth-order valence-corrected chi connectivity index (χ4v) is 2.40. The number of nitrogens with zero attached hydrogens (tertiary/aromatic N) is 2. The Kier molecular flexibility index (Phi) is 6.79. The Balaban J connectivity index is 1.98. The van der Waals surface area contributed by atoms with E-state index >= 15 is 0 Å². The maximum absolute atomic E-state index is 12.0. The third-order valence-electron chi connectivity index (χ3n) is 3.12. The molecule has 0 saturated heterocycles. The summed E-state index contributed by atoms with van der Waals surface area (Å²) < 4.78 is 5.45. The average Bonchev–Trinajstić information content (AvgIpc) is 2.59. The highest BCUT2D eigenvalue weighted by Gasteiger charge is 2.17. The van der Waals surface area contributed by atoms with E-state index in [2.05, 4.69) is 10.5 Å². The van der Waals surface area contributed by atoms with Gasteiger partial charge in [-0.1, -0.05) is 46.9 Å². The first-order valence-corrected chi connectivity index (χ1v) is 8.30. The summed E-state index contributed by atoms with van der Waals surface area (Å²) in [6.07, 6.45) is 0.357. The van der Waals surface area contributed by atoms with Gasteiger partial charge in [-0.15, -0.1) is 0 Å². The van der Waals surface area contributed by atoms with E-state index < -0.39 is 16.9 Å². The number of carbonyl (C=O) groups excluding carboxylic acids is 1. The third-order valence-corrected chi connectivity index (χ3v) is 4.13. The molecule has 2 rings (SSSR count). The predicted molar refractivity (Wildman–Crippen MR) is 100 cm³/mol. The molecule has 0 radical (unpaired) electrons. The standard InChI is InChI=1S/C16H12Cl3N3O4/c1-9(26-15-7-13(18)12(17)6-14(15)19)16(23)21-20-8-10-3-2-4-11(5-10)22(24)25/h2-9H,1H3,(H,21,23)/b20-8-. The van der Waals surface area contributed by atoms with Crippen LogP contribution in [0.3, 0.4) is 0 Å². The van der Waals surface area contributed by atoms with Crippen molar-refractivity contribution in [2.45, 2.75) is 13.0 Å². The van der Waals surface area contributed by atoms with Gasteiger partial charge in [-0.25, -0.2) is 5.43 Å². The molecular formula is C16H12Cl3N3O4. The maximum Gasteiger partial charge on any atom is 0.280 e. The van der Waals surface area contributed by atoms with Crippen molar-refractivity contribution >= 4 is 52.6 Å². The van der Waals surface area contributed by atoms with Gasteiger partial charge in [0, 0.05) is 23.8 Å². The minimum Gasteiger partial charge on any atom is -0.479 e. The summed E-state index contributed by atoms with van der Waals surface area (Å²) >= 11 is 17.7. The first-order valence-electron chi connectivity index (χ1n) is 7.16. The number of nitro groups is 1. The molecule has 10 heteroatoms. The van der Waals surface area contributed by atoms with E-state index in [9.17, 15) is 14.9 Å². The largest absolute Gasteiger partial charge is 0.479 e. The van der Waals surface area contributed by atoms with E-state index in [1.165, 1.54) is 43.5 Å². The molecule has 136 valence electrons. The number of amides is 1. The highest BCUT2D eigenvalue weighted by atomic mass is 35.5. The number of ether oxygens (including phenoxy) is 1. The molecule has 2 aromatic carbocycles. The molecule has 0 spiro atoms. The molecule has 7 nitrogen and oxygen atoms in total. The molecule has 2 aromatic rings. The Hall–Kier alpha value is -2.35. The topological polar surface area (TPSA) is 93.8 Å². The Morgan fingerprint density at radius 1 is 1.23 bits per heavy atom. The van der Waals surface area contributed by atoms with E-state index in [4.69, 9.17) is 39.5 Å². The van der Waals surface area contributed by atoms with Crippen molar-refractivity contribution < 1.29 is 14.5 Å². The van der Waals surface area contributed by atoms with E-state index in [-0.39, 0.29) is 26.5 Å². The Bertz CT molecular complexity index is 874. The van der Waals surface area contributed by atoms with Crippen molar-refractivity contribution in [3.63, 3.8) is 0 Å². The lowest BCUT2D eigenvalue weighted by atomic mass is 10.2. The monoisotopic (exact) mass is 415 g/mol. The number of nitro benzene ring substituents is 1. The van der Waals surface area contributed by atoms with Gasteiger partial charge in [0.2, 0.25) is 0 Å². The summed E-state index contributed by atoms with van der Waals surface area (Å²) in [6, 6.07) is 8.61. The van der Waals surface area contributed by atoms with Crippen molar-refractivity contribution in [1.29, 1.82) is 0 Å². The number of halogens is 3. The number of rotatable bonds is 6. The molecule has 0 bridgehead atoms. The van der Waals surface area contributed by atoms with Crippen LogP contribution < -0.4 is 10.2 Å². The lowest BCUT2D eigenvalue weighted by Crippen LogP contribution is -2.33. The SMILES string of the molecule is CC(Oc1cc(Cl)c(Cl)cc1Cl)C(=O)N/N=C\c1cccc([N+](=O)[O-])c1.